The molecule has 0 atom stereocenters. The van der Waals surface area contributed by atoms with E-state index in [9.17, 15) is 4.79 Å². The Hall–Kier alpha value is -2.07. The summed E-state index contributed by atoms with van der Waals surface area (Å²) in [7, 11) is 0. The zero-order chi connectivity index (χ0) is 16.7. The highest BCUT2D eigenvalue weighted by atomic mass is 35.5. The first-order valence-electron chi connectivity index (χ1n) is 7.86. The van der Waals surface area contributed by atoms with Gasteiger partial charge in [0.2, 0.25) is 0 Å². The predicted molar refractivity (Wildman–Crippen MR) is 96.4 cm³/mol. The van der Waals surface area contributed by atoms with Gasteiger partial charge in [-0.3, -0.25) is 9.78 Å². The summed E-state index contributed by atoms with van der Waals surface area (Å²) in [5, 5.41) is 6.84. The van der Waals surface area contributed by atoms with Crippen molar-refractivity contribution in [3.05, 3.63) is 52.8 Å². The summed E-state index contributed by atoms with van der Waals surface area (Å²) in [6.45, 7) is 4.97. The van der Waals surface area contributed by atoms with Gasteiger partial charge in [0.1, 0.15) is 0 Å². The molecule has 0 aliphatic heterocycles. The minimum absolute atomic E-state index is 0.180. The number of halogens is 1. The average Bonchev–Trinajstić information content (AvgIpc) is 2.54. The van der Waals surface area contributed by atoms with Crippen LogP contribution in [0.4, 0.5) is 11.4 Å². The van der Waals surface area contributed by atoms with Gasteiger partial charge in [0.25, 0.3) is 5.91 Å². The molecule has 0 unspecified atom stereocenters. The lowest BCUT2D eigenvalue weighted by Gasteiger charge is -2.10. The highest BCUT2D eigenvalue weighted by molar-refractivity contribution is 6.30. The third kappa shape index (κ3) is 5.25. The fraction of sp³-hybridized carbons (Fsp3) is 0.333. The molecule has 1 aromatic carbocycles. The Bertz CT molecular complexity index is 673. The molecular weight excluding hydrogens is 310 g/mol. The zero-order valence-electron chi connectivity index (χ0n) is 13.5. The molecule has 0 bridgehead atoms. The third-order valence-corrected chi connectivity index (χ3v) is 3.78. The lowest BCUT2D eigenvalue weighted by atomic mass is 10.2. The number of aryl methyl sites for hydroxylation is 1. The van der Waals surface area contributed by atoms with Crippen molar-refractivity contribution in [1.82, 2.24) is 4.98 Å². The average molecular weight is 332 g/mol. The van der Waals surface area contributed by atoms with Crippen LogP contribution in [0.25, 0.3) is 0 Å². The molecule has 0 saturated carbocycles. The summed E-state index contributed by atoms with van der Waals surface area (Å²) in [5.74, 6) is -0.180. The molecule has 1 heterocycles. The smallest absolute Gasteiger partial charge is 0.257 e. The highest BCUT2D eigenvalue weighted by Crippen LogP contribution is 2.20. The van der Waals surface area contributed by atoms with E-state index in [1.165, 1.54) is 12.8 Å². The quantitative estimate of drug-likeness (QED) is 0.710. The Morgan fingerprint density at radius 3 is 2.78 bits per heavy atom. The van der Waals surface area contributed by atoms with Gasteiger partial charge in [-0.15, -0.1) is 0 Å². The van der Waals surface area contributed by atoms with Crippen LogP contribution in [-0.2, 0) is 0 Å². The Kier molecular flexibility index (Phi) is 6.41. The number of anilines is 2. The molecule has 1 amide bonds. The molecule has 5 heteroatoms. The molecule has 4 nitrogen and oxygen atoms in total. The van der Waals surface area contributed by atoms with Crippen molar-refractivity contribution >= 4 is 28.9 Å². The van der Waals surface area contributed by atoms with E-state index in [-0.39, 0.29) is 5.91 Å². The van der Waals surface area contributed by atoms with Crippen molar-refractivity contribution in [2.45, 2.75) is 33.1 Å². The molecule has 2 aromatic rings. The highest BCUT2D eigenvalue weighted by Gasteiger charge is 2.09. The molecule has 0 fully saturated rings. The third-order valence-electron chi connectivity index (χ3n) is 3.55. The molecule has 122 valence electrons. The van der Waals surface area contributed by atoms with E-state index in [4.69, 9.17) is 11.6 Å². The largest absolute Gasteiger partial charge is 0.384 e. The number of aromatic nitrogens is 1. The molecular formula is C18H22ClN3O. The van der Waals surface area contributed by atoms with Gasteiger partial charge in [0.05, 0.1) is 11.3 Å². The first-order valence-corrected chi connectivity index (χ1v) is 8.24. The number of rotatable bonds is 7. The summed E-state index contributed by atoms with van der Waals surface area (Å²) < 4.78 is 0. The number of hydrogen-bond acceptors (Lipinski definition) is 3. The maximum Gasteiger partial charge on any atom is 0.257 e. The van der Waals surface area contributed by atoms with Crippen molar-refractivity contribution < 1.29 is 4.79 Å². The van der Waals surface area contributed by atoms with E-state index >= 15 is 0 Å². The molecule has 2 rings (SSSR count). The molecule has 0 aliphatic rings. The second kappa shape index (κ2) is 8.53. The maximum atomic E-state index is 12.4. The van der Waals surface area contributed by atoms with E-state index in [1.807, 2.05) is 19.1 Å². The van der Waals surface area contributed by atoms with Crippen molar-refractivity contribution in [1.29, 1.82) is 0 Å². The van der Waals surface area contributed by atoms with Crippen LogP contribution in [0.1, 0.15) is 42.1 Å². The van der Waals surface area contributed by atoms with E-state index in [1.54, 1.807) is 24.5 Å². The summed E-state index contributed by atoms with van der Waals surface area (Å²) >= 11 is 5.93. The van der Waals surface area contributed by atoms with Crippen LogP contribution in [0.15, 0.2) is 36.7 Å². The van der Waals surface area contributed by atoms with E-state index in [2.05, 4.69) is 22.5 Å². The lowest BCUT2D eigenvalue weighted by Crippen LogP contribution is -2.13. The number of benzene rings is 1. The van der Waals surface area contributed by atoms with Gasteiger partial charge in [-0.05, 0) is 43.2 Å². The van der Waals surface area contributed by atoms with Crippen LogP contribution in [0.5, 0.6) is 0 Å². The minimum Gasteiger partial charge on any atom is -0.384 e. The molecule has 0 saturated heterocycles. The number of pyridine rings is 1. The molecule has 1 aromatic heterocycles. The fourth-order valence-electron chi connectivity index (χ4n) is 2.23. The van der Waals surface area contributed by atoms with Crippen molar-refractivity contribution in [3.63, 3.8) is 0 Å². The topological polar surface area (TPSA) is 54.0 Å². The molecule has 2 N–H and O–H groups in total. The van der Waals surface area contributed by atoms with E-state index < -0.39 is 0 Å². The zero-order valence-corrected chi connectivity index (χ0v) is 14.3. The number of unbranched alkanes of at least 4 members (excludes halogenated alkanes) is 2. The van der Waals surface area contributed by atoms with E-state index in [0.29, 0.717) is 10.6 Å². The number of nitrogens with zero attached hydrogens (tertiary/aromatic N) is 1. The fourth-order valence-corrected chi connectivity index (χ4v) is 2.46. The van der Waals surface area contributed by atoms with Gasteiger partial charge in [0, 0.05) is 29.6 Å². The van der Waals surface area contributed by atoms with Crippen LogP contribution in [0, 0.1) is 6.92 Å². The Morgan fingerprint density at radius 2 is 2.04 bits per heavy atom. The summed E-state index contributed by atoms with van der Waals surface area (Å²) in [4.78, 5) is 16.5. The van der Waals surface area contributed by atoms with Gasteiger partial charge in [0.15, 0.2) is 0 Å². The first kappa shape index (κ1) is 17.3. The maximum absolute atomic E-state index is 12.4. The molecule has 0 spiro atoms. The number of nitrogens with one attached hydrogen (secondary N) is 2. The van der Waals surface area contributed by atoms with Crippen molar-refractivity contribution in [2.24, 2.45) is 0 Å². The second-order valence-corrected chi connectivity index (χ2v) is 5.95. The number of hydrogen-bond donors (Lipinski definition) is 2. The summed E-state index contributed by atoms with van der Waals surface area (Å²) in [6, 6.07) is 7.20. The van der Waals surface area contributed by atoms with Gasteiger partial charge < -0.3 is 10.6 Å². The van der Waals surface area contributed by atoms with Gasteiger partial charge in [-0.1, -0.05) is 31.4 Å². The normalized spacial score (nSPS) is 10.4. The summed E-state index contributed by atoms with van der Waals surface area (Å²) in [6.07, 6.45) is 6.78. The summed E-state index contributed by atoms with van der Waals surface area (Å²) in [5.41, 5.74) is 3.06. The Morgan fingerprint density at radius 1 is 1.22 bits per heavy atom. The van der Waals surface area contributed by atoms with Crippen LogP contribution >= 0.6 is 11.6 Å². The van der Waals surface area contributed by atoms with Crippen molar-refractivity contribution in [3.8, 4) is 0 Å². The Labute approximate surface area is 142 Å². The standard InChI is InChI=1S/C18H22ClN3O/c1-3-4-5-8-21-16-10-14(11-20-12-16)18(23)22-17-7-6-15(19)9-13(17)2/h6-7,9-12,21H,3-5,8H2,1-2H3,(H,22,23). The molecule has 0 aliphatic carbocycles. The Balaban J connectivity index is 2.01. The van der Waals surface area contributed by atoms with Crippen LogP contribution in [0.2, 0.25) is 5.02 Å². The monoisotopic (exact) mass is 331 g/mol. The van der Waals surface area contributed by atoms with Crippen LogP contribution in [-0.4, -0.2) is 17.4 Å². The second-order valence-electron chi connectivity index (χ2n) is 5.51. The van der Waals surface area contributed by atoms with Crippen LogP contribution in [0.3, 0.4) is 0 Å². The number of carbonyl (C=O) groups is 1. The number of carbonyl (C=O) groups excluding carboxylic acids is 1. The van der Waals surface area contributed by atoms with E-state index in [0.717, 1.165) is 29.9 Å². The van der Waals surface area contributed by atoms with Gasteiger partial charge in [-0.2, -0.15) is 0 Å². The van der Waals surface area contributed by atoms with Gasteiger partial charge in [-0.25, -0.2) is 0 Å². The number of amides is 1. The van der Waals surface area contributed by atoms with Gasteiger partial charge >= 0.3 is 0 Å². The molecule has 0 radical (unpaired) electrons. The lowest BCUT2D eigenvalue weighted by molar-refractivity contribution is 0.102. The van der Waals surface area contributed by atoms with Crippen LogP contribution < -0.4 is 10.6 Å². The predicted octanol–water partition coefficient (Wildman–Crippen LogP) is 4.90. The van der Waals surface area contributed by atoms with Crippen molar-refractivity contribution in [2.75, 3.05) is 17.2 Å². The SMILES string of the molecule is CCCCCNc1cncc(C(=O)Nc2ccc(Cl)cc2C)c1. The molecule has 23 heavy (non-hydrogen) atoms. The minimum atomic E-state index is -0.180. The first-order chi connectivity index (χ1) is 11.1.